The van der Waals surface area contributed by atoms with Crippen molar-refractivity contribution in [1.29, 1.82) is 0 Å². The molecule has 1 heterocycles. The van der Waals surface area contributed by atoms with Gasteiger partial charge >= 0.3 is 0 Å². The van der Waals surface area contributed by atoms with Crippen LogP contribution in [0, 0.1) is 6.92 Å². The number of aryl methyl sites for hydroxylation is 2. The summed E-state index contributed by atoms with van der Waals surface area (Å²) >= 11 is 6.92. The molecule has 0 saturated heterocycles. The number of ether oxygens (including phenoxy) is 1. The summed E-state index contributed by atoms with van der Waals surface area (Å²) in [5.41, 5.74) is 2.05. The molecule has 90 valence electrons. The summed E-state index contributed by atoms with van der Waals surface area (Å²) in [7, 11) is 1.88. The Bertz CT molecular complexity index is 537. The lowest BCUT2D eigenvalue weighted by molar-refractivity contribution is 0.425. The van der Waals surface area contributed by atoms with E-state index < -0.39 is 0 Å². The van der Waals surface area contributed by atoms with Gasteiger partial charge in [-0.3, -0.25) is 0 Å². The second-order valence-corrected chi connectivity index (χ2v) is 5.07. The average molecular weight is 360 g/mol. The van der Waals surface area contributed by atoms with Crippen LogP contribution in [0.15, 0.2) is 28.7 Å². The van der Waals surface area contributed by atoms with E-state index in [1.165, 1.54) is 0 Å². The molecule has 0 aliphatic heterocycles. The lowest BCUT2D eigenvalue weighted by atomic mass is 10.3. The van der Waals surface area contributed by atoms with E-state index in [2.05, 4.69) is 37.0 Å². The fourth-order valence-electron chi connectivity index (χ4n) is 1.59. The molecule has 17 heavy (non-hydrogen) atoms. The van der Waals surface area contributed by atoms with E-state index in [-0.39, 0.29) is 0 Å². The molecule has 2 aromatic rings. The highest BCUT2D eigenvalue weighted by Gasteiger charge is 2.15. The number of hydrogen-bond donors (Lipinski definition) is 0. The smallest absolute Gasteiger partial charge is 0.221 e. The highest BCUT2D eigenvalue weighted by atomic mass is 79.9. The third kappa shape index (κ3) is 2.55. The van der Waals surface area contributed by atoms with Crippen molar-refractivity contribution >= 4 is 31.9 Å². The van der Waals surface area contributed by atoms with Crippen LogP contribution in [0.4, 0.5) is 0 Å². The molecule has 0 atom stereocenters. The van der Waals surface area contributed by atoms with Gasteiger partial charge in [0.2, 0.25) is 5.88 Å². The van der Waals surface area contributed by atoms with E-state index in [0.717, 1.165) is 32.7 Å². The van der Waals surface area contributed by atoms with E-state index in [1.807, 2.05) is 38.2 Å². The number of hydrogen-bond acceptors (Lipinski definition) is 2. The molecule has 0 spiro atoms. The highest BCUT2D eigenvalue weighted by Crippen LogP contribution is 2.32. The van der Waals surface area contributed by atoms with Crippen LogP contribution in [0.3, 0.4) is 0 Å². The normalized spacial score (nSPS) is 10.6. The maximum absolute atomic E-state index is 5.91. The maximum atomic E-state index is 5.91. The zero-order valence-corrected chi connectivity index (χ0v) is 12.7. The molecular weight excluding hydrogens is 348 g/mol. The van der Waals surface area contributed by atoms with E-state index in [4.69, 9.17) is 4.74 Å². The molecule has 5 heteroatoms. The highest BCUT2D eigenvalue weighted by molar-refractivity contribution is 9.10. The van der Waals surface area contributed by atoms with E-state index >= 15 is 0 Å². The number of para-hydroxylation sites is 1. The molecular formula is C12H12Br2N2O. The van der Waals surface area contributed by atoms with Crippen LogP contribution in [-0.4, -0.2) is 9.78 Å². The number of halogens is 2. The molecule has 0 radical (unpaired) electrons. The summed E-state index contributed by atoms with van der Waals surface area (Å²) in [5.74, 6) is 1.56. The zero-order valence-electron chi connectivity index (χ0n) is 9.58. The van der Waals surface area contributed by atoms with Gasteiger partial charge in [0.05, 0.1) is 10.2 Å². The summed E-state index contributed by atoms with van der Waals surface area (Å²) in [4.78, 5) is 0. The molecule has 0 N–H and O–H groups in total. The summed E-state index contributed by atoms with van der Waals surface area (Å²) in [6.07, 6.45) is 0. The van der Waals surface area contributed by atoms with Crippen molar-refractivity contribution in [1.82, 2.24) is 9.78 Å². The van der Waals surface area contributed by atoms with Gasteiger partial charge < -0.3 is 4.74 Å². The van der Waals surface area contributed by atoms with Gasteiger partial charge in [0.25, 0.3) is 0 Å². The molecule has 0 fully saturated rings. The molecule has 0 saturated carbocycles. The number of alkyl halides is 1. The Kier molecular flexibility index (Phi) is 3.89. The first-order valence-electron chi connectivity index (χ1n) is 5.14. The molecule has 2 rings (SSSR count). The molecule has 0 amide bonds. The van der Waals surface area contributed by atoms with Crippen molar-refractivity contribution < 1.29 is 4.74 Å². The first kappa shape index (κ1) is 12.6. The second-order valence-electron chi connectivity index (χ2n) is 3.66. The van der Waals surface area contributed by atoms with Gasteiger partial charge in [0, 0.05) is 17.9 Å². The number of benzene rings is 1. The minimum Gasteiger partial charge on any atom is -0.438 e. The van der Waals surface area contributed by atoms with Crippen molar-refractivity contribution in [3.63, 3.8) is 0 Å². The van der Waals surface area contributed by atoms with Gasteiger partial charge in [-0.15, -0.1) is 0 Å². The Morgan fingerprint density at radius 2 is 2.06 bits per heavy atom. The first-order valence-corrected chi connectivity index (χ1v) is 7.05. The number of aromatic nitrogens is 2. The van der Waals surface area contributed by atoms with Crippen LogP contribution in [-0.2, 0) is 12.4 Å². The number of nitrogens with zero attached hydrogens (tertiary/aromatic N) is 2. The molecule has 0 aliphatic carbocycles. The van der Waals surface area contributed by atoms with Crippen LogP contribution < -0.4 is 4.74 Å². The largest absolute Gasteiger partial charge is 0.438 e. The third-order valence-electron chi connectivity index (χ3n) is 2.47. The van der Waals surface area contributed by atoms with Crippen LogP contribution in [0.25, 0.3) is 0 Å². The Hall–Kier alpha value is -0.810. The van der Waals surface area contributed by atoms with E-state index in [0.29, 0.717) is 0 Å². The van der Waals surface area contributed by atoms with Crippen LogP contribution >= 0.6 is 31.9 Å². The predicted molar refractivity (Wildman–Crippen MR) is 74.8 cm³/mol. The minimum absolute atomic E-state index is 0.729. The van der Waals surface area contributed by atoms with Gasteiger partial charge in [0.1, 0.15) is 5.75 Å². The maximum Gasteiger partial charge on any atom is 0.221 e. The SMILES string of the molecule is Cc1nn(C)c(Oc2ccccc2Br)c1CBr. The van der Waals surface area contributed by atoms with Gasteiger partial charge in [-0.25, -0.2) is 4.68 Å². The standard InChI is InChI=1S/C12H12Br2N2O/c1-8-9(7-13)12(16(2)15-8)17-11-6-4-3-5-10(11)14/h3-6H,7H2,1-2H3. The molecule has 0 unspecified atom stereocenters. The monoisotopic (exact) mass is 358 g/mol. The molecule has 1 aromatic heterocycles. The van der Waals surface area contributed by atoms with Crippen LogP contribution in [0.5, 0.6) is 11.6 Å². The average Bonchev–Trinajstić information content (AvgIpc) is 2.56. The second kappa shape index (κ2) is 5.23. The van der Waals surface area contributed by atoms with Crippen molar-refractivity contribution in [3.05, 3.63) is 40.0 Å². The van der Waals surface area contributed by atoms with E-state index in [9.17, 15) is 0 Å². The summed E-state index contributed by atoms with van der Waals surface area (Å²) in [6.45, 7) is 1.98. The van der Waals surface area contributed by atoms with E-state index in [1.54, 1.807) is 4.68 Å². The van der Waals surface area contributed by atoms with Gasteiger partial charge in [-0.2, -0.15) is 5.10 Å². The predicted octanol–water partition coefficient (Wildman–Crippen LogP) is 4.18. The first-order chi connectivity index (χ1) is 8.13. The quantitative estimate of drug-likeness (QED) is 0.768. The summed E-state index contributed by atoms with van der Waals surface area (Å²) in [5, 5.41) is 5.08. The van der Waals surface area contributed by atoms with Gasteiger partial charge in [0.15, 0.2) is 0 Å². The lowest BCUT2D eigenvalue weighted by Gasteiger charge is -2.08. The Morgan fingerprint density at radius 3 is 2.71 bits per heavy atom. The minimum atomic E-state index is 0.729. The fraction of sp³-hybridized carbons (Fsp3) is 0.250. The summed E-state index contributed by atoms with van der Waals surface area (Å²) in [6, 6.07) is 7.77. The Labute approximate surface area is 117 Å². The molecule has 3 nitrogen and oxygen atoms in total. The van der Waals surface area contributed by atoms with Crippen molar-refractivity contribution in [2.45, 2.75) is 12.3 Å². The third-order valence-corrected chi connectivity index (χ3v) is 3.68. The molecule has 0 bridgehead atoms. The van der Waals surface area contributed by atoms with Crippen molar-refractivity contribution in [3.8, 4) is 11.6 Å². The van der Waals surface area contributed by atoms with Crippen LogP contribution in [0.2, 0.25) is 0 Å². The Balaban J connectivity index is 2.40. The van der Waals surface area contributed by atoms with Gasteiger partial charge in [-0.05, 0) is 35.0 Å². The van der Waals surface area contributed by atoms with Crippen LogP contribution in [0.1, 0.15) is 11.3 Å². The molecule has 1 aromatic carbocycles. The number of rotatable bonds is 3. The summed E-state index contributed by atoms with van der Waals surface area (Å²) < 4.78 is 8.59. The Morgan fingerprint density at radius 1 is 1.35 bits per heavy atom. The molecule has 0 aliphatic rings. The lowest BCUT2D eigenvalue weighted by Crippen LogP contribution is -1.96. The van der Waals surface area contributed by atoms with Gasteiger partial charge in [-0.1, -0.05) is 28.1 Å². The van der Waals surface area contributed by atoms with Crippen molar-refractivity contribution in [2.24, 2.45) is 7.05 Å². The van der Waals surface area contributed by atoms with Crippen molar-refractivity contribution in [2.75, 3.05) is 0 Å². The topological polar surface area (TPSA) is 27.1 Å². The fourth-order valence-corrected chi connectivity index (χ4v) is 2.61. The zero-order chi connectivity index (χ0) is 12.4.